The van der Waals surface area contributed by atoms with E-state index in [0.29, 0.717) is 24.4 Å². The number of morpholine rings is 1. The molecule has 4 atom stereocenters. The van der Waals surface area contributed by atoms with Gasteiger partial charge in [0.1, 0.15) is 0 Å². The van der Waals surface area contributed by atoms with E-state index < -0.39 is 0 Å². The molecule has 3 fully saturated rings. The smallest absolute Gasteiger partial charge is 0.0826 e. The van der Waals surface area contributed by atoms with Gasteiger partial charge in [-0.2, -0.15) is 0 Å². The molecule has 92 valence electrons. The van der Waals surface area contributed by atoms with E-state index in [1.165, 1.54) is 19.3 Å². The molecule has 0 saturated carbocycles. The van der Waals surface area contributed by atoms with Crippen molar-refractivity contribution < 1.29 is 9.47 Å². The zero-order valence-electron chi connectivity index (χ0n) is 10.0. The van der Waals surface area contributed by atoms with E-state index in [0.717, 1.165) is 26.2 Å². The summed E-state index contributed by atoms with van der Waals surface area (Å²) in [6, 6.07) is 0.578. The summed E-state index contributed by atoms with van der Waals surface area (Å²) < 4.78 is 11.6. The van der Waals surface area contributed by atoms with Gasteiger partial charge in [0.05, 0.1) is 24.9 Å². The first-order valence-corrected chi connectivity index (χ1v) is 6.50. The lowest BCUT2D eigenvalue weighted by Gasteiger charge is -2.31. The predicted octanol–water partition coefficient (Wildman–Crippen LogP) is 0.227. The minimum atomic E-state index is 0.359. The van der Waals surface area contributed by atoms with Crippen molar-refractivity contribution in [3.8, 4) is 0 Å². The number of hydrogen-bond donors (Lipinski definition) is 1. The lowest BCUT2D eigenvalue weighted by atomic mass is 9.95. The monoisotopic (exact) mass is 226 g/mol. The molecular formula is C12H22N2O2. The highest BCUT2D eigenvalue weighted by Gasteiger charge is 2.40. The van der Waals surface area contributed by atoms with Crippen molar-refractivity contribution in [1.29, 1.82) is 0 Å². The highest BCUT2D eigenvalue weighted by Crippen LogP contribution is 2.34. The number of ether oxygens (including phenoxy) is 2. The van der Waals surface area contributed by atoms with Crippen LogP contribution in [0.25, 0.3) is 0 Å². The number of likely N-dealkylation sites (N-methyl/N-ethyl adjacent to an activating group) is 1. The fraction of sp³-hybridized carbons (Fsp3) is 1.00. The molecule has 0 aliphatic carbocycles. The predicted molar refractivity (Wildman–Crippen MR) is 61.5 cm³/mol. The largest absolute Gasteiger partial charge is 0.374 e. The zero-order valence-corrected chi connectivity index (χ0v) is 10.0. The minimum Gasteiger partial charge on any atom is -0.374 e. The van der Waals surface area contributed by atoms with Crippen LogP contribution in [-0.2, 0) is 9.47 Å². The summed E-state index contributed by atoms with van der Waals surface area (Å²) in [5, 5.41) is 3.63. The number of fused-ring (bicyclic) bond motifs is 2. The highest BCUT2D eigenvalue weighted by molar-refractivity contribution is 4.94. The molecule has 3 aliphatic rings. The van der Waals surface area contributed by atoms with E-state index >= 15 is 0 Å². The molecule has 0 amide bonds. The van der Waals surface area contributed by atoms with Gasteiger partial charge in [-0.1, -0.05) is 0 Å². The van der Waals surface area contributed by atoms with Crippen molar-refractivity contribution in [3.05, 3.63) is 0 Å². The fourth-order valence-electron chi connectivity index (χ4n) is 3.13. The SMILES string of the molecule is CN1CCOC(CNC2CC3CCC2O3)C1. The van der Waals surface area contributed by atoms with Gasteiger partial charge in [0.15, 0.2) is 0 Å². The van der Waals surface area contributed by atoms with Gasteiger partial charge in [0, 0.05) is 25.7 Å². The van der Waals surface area contributed by atoms with Crippen molar-refractivity contribution in [2.24, 2.45) is 0 Å². The molecule has 4 nitrogen and oxygen atoms in total. The molecule has 0 spiro atoms. The third-order valence-corrected chi connectivity index (χ3v) is 4.06. The number of hydrogen-bond acceptors (Lipinski definition) is 4. The van der Waals surface area contributed by atoms with Gasteiger partial charge in [-0.15, -0.1) is 0 Å². The van der Waals surface area contributed by atoms with Gasteiger partial charge < -0.3 is 19.7 Å². The number of nitrogens with one attached hydrogen (secondary N) is 1. The van der Waals surface area contributed by atoms with Gasteiger partial charge in [0.2, 0.25) is 0 Å². The average molecular weight is 226 g/mol. The maximum Gasteiger partial charge on any atom is 0.0826 e. The van der Waals surface area contributed by atoms with Crippen LogP contribution in [0.3, 0.4) is 0 Å². The second-order valence-corrected chi connectivity index (χ2v) is 5.38. The molecule has 4 unspecified atom stereocenters. The van der Waals surface area contributed by atoms with Crippen molar-refractivity contribution in [1.82, 2.24) is 10.2 Å². The molecule has 2 bridgehead atoms. The zero-order chi connectivity index (χ0) is 11.0. The van der Waals surface area contributed by atoms with E-state index in [1.54, 1.807) is 0 Å². The van der Waals surface area contributed by atoms with Crippen molar-refractivity contribution in [3.63, 3.8) is 0 Å². The minimum absolute atomic E-state index is 0.359. The van der Waals surface area contributed by atoms with E-state index in [-0.39, 0.29) is 0 Å². The molecular weight excluding hydrogens is 204 g/mol. The summed E-state index contributed by atoms with van der Waals surface area (Å²) >= 11 is 0. The van der Waals surface area contributed by atoms with Crippen LogP contribution in [0.15, 0.2) is 0 Å². The molecule has 1 N–H and O–H groups in total. The van der Waals surface area contributed by atoms with Crippen LogP contribution in [0.5, 0.6) is 0 Å². The highest BCUT2D eigenvalue weighted by atomic mass is 16.5. The summed E-state index contributed by atoms with van der Waals surface area (Å²) in [5.74, 6) is 0. The Hall–Kier alpha value is -0.160. The van der Waals surface area contributed by atoms with Crippen molar-refractivity contribution >= 4 is 0 Å². The summed E-state index contributed by atoms with van der Waals surface area (Å²) in [6.07, 6.45) is 5.09. The summed E-state index contributed by atoms with van der Waals surface area (Å²) in [5.41, 5.74) is 0. The molecule has 0 radical (unpaired) electrons. The number of nitrogens with zero attached hydrogens (tertiary/aromatic N) is 1. The molecule has 4 heteroatoms. The molecule has 3 rings (SSSR count). The van der Waals surface area contributed by atoms with E-state index in [1.807, 2.05) is 0 Å². The lowest BCUT2D eigenvalue weighted by Crippen LogP contribution is -2.48. The summed E-state index contributed by atoms with van der Waals surface area (Å²) in [6.45, 7) is 3.96. The van der Waals surface area contributed by atoms with Gasteiger partial charge >= 0.3 is 0 Å². The maximum absolute atomic E-state index is 5.83. The lowest BCUT2D eigenvalue weighted by molar-refractivity contribution is -0.0203. The van der Waals surface area contributed by atoms with Crippen LogP contribution >= 0.6 is 0 Å². The van der Waals surface area contributed by atoms with Crippen LogP contribution < -0.4 is 5.32 Å². The van der Waals surface area contributed by atoms with Crippen LogP contribution in [0.2, 0.25) is 0 Å². The van der Waals surface area contributed by atoms with Crippen molar-refractivity contribution in [2.45, 2.75) is 43.6 Å². The Morgan fingerprint density at radius 2 is 2.31 bits per heavy atom. The van der Waals surface area contributed by atoms with E-state index in [2.05, 4.69) is 17.3 Å². The summed E-state index contributed by atoms with van der Waals surface area (Å²) in [7, 11) is 2.16. The Morgan fingerprint density at radius 3 is 3.00 bits per heavy atom. The first kappa shape index (κ1) is 11.0. The van der Waals surface area contributed by atoms with Crippen LogP contribution in [0.4, 0.5) is 0 Å². The maximum atomic E-state index is 5.83. The quantitative estimate of drug-likeness (QED) is 0.747. The second kappa shape index (κ2) is 4.61. The van der Waals surface area contributed by atoms with Gasteiger partial charge in [-0.3, -0.25) is 0 Å². The van der Waals surface area contributed by atoms with Crippen LogP contribution in [0.1, 0.15) is 19.3 Å². The first-order chi connectivity index (χ1) is 7.81. The Labute approximate surface area is 97.3 Å². The molecule has 0 aromatic carbocycles. The fourth-order valence-corrected chi connectivity index (χ4v) is 3.13. The average Bonchev–Trinajstić information content (AvgIpc) is 2.88. The molecule has 16 heavy (non-hydrogen) atoms. The second-order valence-electron chi connectivity index (χ2n) is 5.38. The Morgan fingerprint density at radius 1 is 1.38 bits per heavy atom. The van der Waals surface area contributed by atoms with E-state index in [9.17, 15) is 0 Å². The topological polar surface area (TPSA) is 33.7 Å². The molecule has 0 aromatic rings. The Bertz CT molecular complexity index is 249. The van der Waals surface area contributed by atoms with Gasteiger partial charge in [0.25, 0.3) is 0 Å². The number of rotatable bonds is 3. The molecule has 3 heterocycles. The molecule has 3 saturated heterocycles. The van der Waals surface area contributed by atoms with Crippen LogP contribution in [-0.4, -0.2) is 62.5 Å². The molecule has 0 aromatic heterocycles. The standard InChI is InChI=1S/C12H22N2O2/c1-14-4-5-15-10(8-14)7-13-11-6-9-2-3-12(11)16-9/h9-13H,2-8H2,1H3. The van der Waals surface area contributed by atoms with Crippen LogP contribution in [0, 0.1) is 0 Å². The van der Waals surface area contributed by atoms with Crippen molar-refractivity contribution in [2.75, 3.05) is 33.3 Å². The Balaban J connectivity index is 1.42. The molecule has 3 aliphatic heterocycles. The third kappa shape index (κ3) is 2.25. The van der Waals surface area contributed by atoms with Gasteiger partial charge in [-0.05, 0) is 26.3 Å². The summed E-state index contributed by atoms with van der Waals surface area (Å²) in [4.78, 5) is 2.34. The normalized spacial score (nSPS) is 44.1. The first-order valence-electron chi connectivity index (χ1n) is 6.50. The van der Waals surface area contributed by atoms with Gasteiger partial charge in [-0.25, -0.2) is 0 Å². The third-order valence-electron chi connectivity index (χ3n) is 4.06. The van der Waals surface area contributed by atoms with E-state index in [4.69, 9.17) is 9.47 Å². The Kier molecular flexibility index (Phi) is 3.16.